The van der Waals surface area contributed by atoms with Crippen LogP contribution < -0.4 is 0 Å². The molecule has 6 heteroatoms. The fourth-order valence-corrected chi connectivity index (χ4v) is 2.37. The zero-order valence-electron chi connectivity index (χ0n) is 10.6. The van der Waals surface area contributed by atoms with E-state index in [-0.39, 0.29) is 10.5 Å². The van der Waals surface area contributed by atoms with Gasteiger partial charge in [0.15, 0.2) is 16.4 Å². The lowest BCUT2D eigenvalue weighted by atomic mass is 10.1. The smallest absolute Gasteiger partial charge is 0.182 e. The number of aromatic amines is 1. The SMILES string of the molecule is Fc1cc(F)c(-n2c(-c3ccccc3)c[nH]c2=S)cc1F. The molecular formula is C15H9F3N2S. The molecule has 0 amide bonds. The molecule has 0 aliphatic rings. The second-order valence-corrected chi connectivity index (χ2v) is 4.78. The molecule has 0 spiro atoms. The maximum Gasteiger partial charge on any atom is 0.182 e. The molecule has 3 aromatic rings. The van der Waals surface area contributed by atoms with Gasteiger partial charge in [0.2, 0.25) is 0 Å². The Labute approximate surface area is 123 Å². The van der Waals surface area contributed by atoms with Crippen molar-refractivity contribution in [3.8, 4) is 16.9 Å². The Balaban J connectivity index is 2.27. The molecule has 0 radical (unpaired) electrons. The molecule has 0 atom stereocenters. The number of H-pyrrole nitrogens is 1. The second kappa shape index (κ2) is 5.21. The summed E-state index contributed by atoms with van der Waals surface area (Å²) < 4.78 is 42.0. The second-order valence-electron chi connectivity index (χ2n) is 4.40. The number of aromatic nitrogens is 2. The highest BCUT2D eigenvalue weighted by molar-refractivity contribution is 7.71. The number of nitrogens with zero attached hydrogens (tertiary/aromatic N) is 1. The fourth-order valence-electron chi connectivity index (χ4n) is 2.11. The fraction of sp³-hybridized carbons (Fsp3) is 0. The quantitative estimate of drug-likeness (QED) is 0.541. The first-order valence-corrected chi connectivity index (χ1v) is 6.49. The van der Waals surface area contributed by atoms with Crippen LogP contribution in [0.1, 0.15) is 0 Å². The summed E-state index contributed by atoms with van der Waals surface area (Å²) in [6, 6.07) is 10.4. The molecule has 0 fully saturated rings. The lowest BCUT2D eigenvalue weighted by molar-refractivity contribution is 0.493. The Morgan fingerprint density at radius 2 is 1.57 bits per heavy atom. The largest absolute Gasteiger partial charge is 0.336 e. The average Bonchev–Trinajstić information content (AvgIpc) is 2.85. The minimum Gasteiger partial charge on any atom is -0.336 e. The molecule has 0 bridgehead atoms. The molecule has 21 heavy (non-hydrogen) atoms. The summed E-state index contributed by atoms with van der Waals surface area (Å²) in [6.07, 6.45) is 1.60. The minimum absolute atomic E-state index is 0.140. The van der Waals surface area contributed by atoms with Gasteiger partial charge in [0, 0.05) is 23.9 Å². The molecular weight excluding hydrogens is 297 g/mol. The normalized spacial score (nSPS) is 10.8. The van der Waals surface area contributed by atoms with Gasteiger partial charge in [0.1, 0.15) is 5.82 Å². The first-order chi connectivity index (χ1) is 10.1. The van der Waals surface area contributed by atoms with Crippen LogP contribution in [0.2, 0.25) is 0 Å². The maximum atomic E-state index is 14.0. The van der Waals surface area contributed by atoms with Crippen molar-refractivity contribution in [2.75, 3.05) is 0 Å². The van der Waals surface area contributed by atoms with Crippen molar-refractivity contribution in [2.45, 2.75) is 0 Å². The lowest BCUT2D eigenvalue weighted by Crippen LogP contribution is -2.02. The first-order valence-electron chi connectivity index (χ1n) is 6.08. The summed E-state index contributed by atoms with van der Waals surface area (Å²) in [4.78, 5) is 2.79. The van der Waals surface area contributed by atoms with Gasteiger partial charge in [0.25, 0.3) is 0 Å². The molecule has 2 aromatic carbocycles. The van der Waals surface area contributed by atoms with E-state index >= 15 is 0 Å². The molecule has 106 valence electrons. The third-order valence-electron chi connectivity index (χ3n) is 3.08. The van der Waals surface area contributed by atoms with Crippen molar-refractivity contribution >= 4 is 12.2 Å². The van der Waals surface area contributed by atoms with Crippen LogP contribution in [0.25, 0.3) is 16.9 Å². The minimum atomic E-state index is -1.24. The van der Waals surface area contributed by atoms with Gasteiger partial charge in [-0.2, -0.15) is 0 Å². The molecule has 0 unspecified atom stereocenters. The van der Waals surface area contributed by atoms with Gasteiger partial charge < -0.3 is 4.98 Å². The van der Waals surface area contributed by atoms with Crippen LogP contribution in [-0.4, -0.2) is 9.55 Å². The summed E-state index contributed by atoms with van der Waals surface area (Å²) in [5, 5.41) is 0. The summed E-state index contributed by atoms with van der Waals surface area (Å²) in [5.41, 5.74) is 1.19. The van der Waals surface area contributed by atoms with E-state index in [1.165, 1.54) is 4.57 Å². The van der Waals surface area contributed by atoms with Crippen molar-refractivity contribution in [3.63, 3.8) is 0 Å². The molecule has 1 aromatic heterocycles. The van der Waals surface area contributed by atoms with Crippen LogP contribution in [0.5, 0.6) is 0 Å². The summed E-state index contributed by atoms with van der Waals surface area (Å²) in [6.45, 7) is 0. The number of hydrogen-bond donors (Lipinski definition) is 1. The van der Waals surface area contributed by atoms with E-state index in [2.05, 4.69) is 4.98 Å². The van der Waals surface area contributed by atoms with Gasteiger partial charge in [-0.15, -0.1) is 0 Å². The summed E-state index contributed by atoms with van der Waals surface area (Å²) in [7, 11) is 0. The Kier molecular flexibility index (Phi) is 3.39. The molecule has 1 heterocycles. The number of nitrogens with one attached hydrogen (secondary N) is 1. The van der Waals surface area contributed by atoms with E-state index < -0.39 is 17.5 Å². The van der Waals surface area contributed by atoms with Gasteiger partial charge >= 0.3 is 0 Å². The highest BCUT2D eigenvalue weighted by Gasteiger charge is 2.15. The predicted octanol–water partition coefficient (Wildman–Crippen LogP) is 4.62. The number of imidazole rings is 1. The van der Waals surface area contributed by atoms with Gasteiger partial charge in [-0.25, -0.2) is 13.2 Å². The first kappa shape index (κ1) is 13.6. The van der Waals surface area contributed by atoms with Gasteiger partial charge in [-0.3, -0.25) is 4.57 Å². The topological polar surface area (TPSA) is 20.7 Å². The van der Waals surface area contributed by atoms with E-state index in [1.54, 1.807) is 6.20 Å². The third kappa shape index (κ3) is 2.38. The van der Waals surface area contributed by atoms with E-state index in [4.69, 9.17) is 12.2 Å². The van der Waals surface area contributed by atoms with Gasteiger partial charge in [-0.1, -0.05) is 30.3 Å². The van der Waals surface area contributed by atoms with E-state index in [0.717, 1.165) is 11.6 Å². The lowest BCUT2D eigenvalue weighted by Gasteiger charge is -2.10. The van der Waals surface area contributed by atoms with Crippen molar-refractivity contribution in [1.29, 1.82) is 0 Å². The Morgan fingerprint density at radius 3 is 2.29 bits per heavy atom. The maximum absolute atomic E-state index is 14.0. The highest BCUT2D eigenvalue weighted by Crippen LogP contribution is 2.26. The Bertz CT molecular complexity index is 853. The Morgan fingerprint density at radius 1 is 0.905 bits per heavy atom. The standard InChI is InChI=1S/C15H9F3N2S/c16-10-6-12(18)13(7-11(10)17)20-14(8-19-15(20)21)9-4-2-1-3-5-9/h1-8H,(H,19,21). The van der Waals surface area contributed by atoms with Gasteiger partial charge in [-0.05, 0) is 12.2 Å². The van der Waals surface area contributed by atoms with Crippen LogP contribution >= 0.6 is 12.2 Å². The van der Waals surface area contributed by atoms with Crippen LogP contribution in [0, 0.1) is 22.2 Å². The van der Waals surface area contributed by atoms with Crippen LogP contribution in [0.4, 0.5) is 13.2 Å². The summed E-state index contributed by atoms with van der Waals surface area (Å²) in [5.74, 6) is -3.25. The van der Waals surface area contributed by atoms with Crippen molar-refractivity contribution in [1.82, 2.24) is 9.55 Å². The van der Waals surface area contributed by atoms with E-state index in [9.17, 15) is 13.2 Å². The van der Waals surface area contributed by atoms with Crippen LogP contribution in [-0.2, 0) is 0 Å². The third-order valence-corrected chi connectivity index (χ3v) is 3.38. The summed E-state index contributed by atoms with van der Waals surface area (Å²) >= 11 is 5.12. The molecule has 0 aliphatic carbocycles. The van der Waals surface area contributed by atoms with E-state index in [0.29, 0.717) is 11.8 Å². The van der Waals surface area contributed by atoms with Crippen LogP contribution in [0.15, 0.2) is 48.7 Å². The zero-order valence-corrected chi connectivity index (χ0v) is 11.4. The molecule has 1 N–H and O–H groups in total. The number of benzene rings is 2. The molecule has 2 nitrogen and oxygen atoms in total. The highest BCUT2D eigenvalue weighted by atomic mass is 32.1. The molecule has 0 saturated heterocycles. The van der Waals surface area contributed by atoms with Gasteiger partial charge in [0.05, 0.1) is 11.4 Å². The number of hydrogen-bond acceptors (Lipinski definition) is 1. The molecule has 0 aliphatic heterocycles. The molecule has 3 rings (SSSR count). The molecule has 0 saturated carbocycles. The van der Waals surface area contributed by atoms with Crippen LogP contribution in [0.3, 0.4) is 0 Å². The Hall–Kier alpha value is -2.34. The number of halogens is 3. The number of rotatable bonds is 2. The predicted molar refractivity (Wildman–Crippen MR) is 76.3 cm³/mol. The van der Waals surface area contributed by atoms with E-state index in [1.807, 2.05) is 30.3 Å². The van der Waals surface area contributed by atoms with Crippen molar-refractivity contribution < 1.29 is 13.2 Å². The average molecular weight is 306 g/mol. The zero-order chi connectivity index (χ0) is 15.0. The monoisotopic (exact) mass is 306 g/mol. The van der Waals surface area contributed by atoms with Crippen molar-refractivity contribution in [3.05, 3.63) is 70.9 Å². The van der Waals surface area contributed by atoms with Crippen molar-refractivity contribution in [2.24, 2.45) is 0 Å².